The van der Waals surface area contributed by atoms with Crippen molar-refractivity contribution in [3.05, 3.63) is 45.0 Å². The summed E-state index contributed by atoms with van der Waals surface area (Å²) in [7, 11) is 1.60. The summed E-state index contributed by atoms with van der Waals surface area (Å²) >= 11 is 2.17. The van der Waals surface area contributed by atoms with E-state index < -0.39 is 0 Å². The number of hydrogen-bond donors (Lipinski definition) is 1. The van der Waals surface area contributed by atoms with Crippen molar-refractivity contribution in [1.82, 2.24) is 5.43 Å². The second kappa shape index (κ2) is 11.5. The highest BCUT2D eigenvalue weighted by Gasteiger charge is 2.12. The van der Waals surface area contributed by atoms with E-state index in [9.17, 15) is 4.79 Å². The number of nitrogens with zero attached hydrogens (tertiary/aromatic N) is 1. The molecule has 0 atom stereocenters. The van der Waals surface area contributed by atoms with E-state index in [1.807, 2.05) is 32.9 Å². The van der Waals surface area contributed by atoms with Crippen molar-refractivity contribution in [2.75, 3.05) is 26.9 Å². The number of rotatable bonds is 10. The first kappa shape index (κ1) is 22.8. The van der Waals surface area contributed by atoms with Gasteiger partial charge in [0.1, 0.15) is 0 Å². The van der Waals surface area contributed by atoms with Gasteiger partial charge in [0, 0.05) is 5.56 Å². The lowest BCUT2D eigenvalue weighted by atomic mass is 10.2. The molecule has 1 N–H and O–H groups in total. The van der Waals surface area contributed by atoms with Gasteiger partial charge in [-0.05, 0) is 79.3 Å². The van der Waals surface area contributed by atoms with Crippen LogP contribution < -0.4 is 24.4 Å². The summed E-state index contributed by atoms with van der Waals surface area (Å²) in [6.45, 7) is 7.17. The summed E-state index contributed by atoms with van der Waals surface area (Å²) in [5.41, 5.74) is 3.73. The van der Waals surface area contributed by atoms with Crippen LogP contribution in [0.5, 0.6) is 23.0 Å². The van der Waals surface area contributed by atoms with Crippen LogP contribution in [0, 0.1) is 3.57 Å². The third-order valence-electron chi connectivity index (χ3n) is 3.72. The van der Waals surface area contributed by atoms with Crippen LogP contribution in [0.4, 0.5) is 0 Å². The van der Waals surface area contributed by atoms with Crippen molar-refractivity contribution >= 4 is 34.7 Å². The molecular formula is C21H25IN2O5. The normalized spacial score (nSPS) is 10.7. The van der Waals surface area contributed by atoms with E-state index in [0.29, 0.717) is 48.4 Å². The van der Waals surface area contributed by atoms with E-state index in [4.69, 9.17) is 18.9 Å². The predicted octanol–water partition coefficient (Wildman–Crippen LogP) is 4.26. The molecule has 0 saturated carbocycles. The van der Waals surface area contributed by atoms with Gasteiger partial charge in [-0.2, -0.15) is 5.10 Å². The second-order valence-corrected chi connectivity index (χ2v) is 6.86. The van der Waals surface area contributed by atoms with Crippen LogP contribution >= 0.6 is 22.6 Å². The van der Waals surface area contributed by atoms with Gasteiger partial charge < -0.3 is 18.9 Å². The van der Waals surface area contributed by atoms with Crippen LogP contribution in [0.3, 0.4) is 0 Å². The molecule has 0 aliphatic heterocycles. The number of carbonyl (C=O) groups excluding carboxylic acids is 1. The van der Waals surface area contributed by atoms with Crippen LogP contribution in [-0.2, 0) is 0 Å². The van der Waals surface area contributed by atoms with Gasteiger partial charge in [-0.15, -0.1) is 0 Å². The van der Waals surface area contributed by atoms with Crippen molar-refractivity contribution in [2.24, 2.45) is 5.10 Å². The number of hydrogen-bond acceptors (Lipinski definition) is 6. The van der Waals surface area contributed by atoms with E-state index >= 15 is 0 Å². The fourth-order valence-corrected chi connectivity index (χ4v) is 3.39. The molecule has 0 radical (unpaired) electrons. The minimum atomic E-state index is -0.349. The minimum absolute atomic E-state index is 0.349. The average Bonchev–Trinajstić information content (AvgIpc) is 2.70. The van der Waals surface area contributed by atoms with Crippen LogP contribution in [0.25, 0.3) is 0 Å². The minimum Gasteiger partial charge on any atom is -0.492 e. The van der Waals surface area contributed by atoms with Gasteiger partial charge in [-0.25, -0.2) is 5.43 Å². The third kappa shape index (κ3) is 6.25. The highest BCUT2D eigenvalue weighted by molar-refractivity contribution is 14.1. The van der Waals surface area contributed by atoms with Crippen LogP contribution in [0.2, 0.25) is 0 Å². The first-order valence-corrected chi connectivity index (χ1v) is 10.3. The lowest BCUT2D eigenvalue weighted by molar-refractivity contribution is 0.0954. The summed E-state index contributed by atoms with van der Waals surface area (Å²) in [5.74, 6) is 2.08. The number of ether oxygens (including phenoxy) is 4. The molecule has 156 valence electrons. The molecule has 7 nitrogen and oxygen atoms in total. The molecule has 0 heterocycles. The Kier molecular flexibility index (Phi) is 9.04. The number of hydrazone groups is 1. The van der Waals surface area contributed by atoms with Crippen molar-refractivity contribution in [3.8, 4) is 23.0 Å². The second-order valence-electron chi connectivity index (χ2n) is 5.69. The maximum absolute atomic E-state index is 12.4. The molecule has 0 aromatic heterocycles. The summed E-state index contributed by atoms with van der Waals surface area (Å²) in [5, 5.41) is 4.05. The highest BCUT2D eigenvalue weighted by Crippen LogP contribution is 2.33. The number of benzene rings is 2. The number of methoxy groups -OCH3 is 1. The molecule has 0 saturated heterocycles. The standard InChI is InChI=1S/C21H25IN2O5/c1-5-27-17-9-8-15(12-18(17)28-6-2)21(25)24-23-13-14-10-16(22)20(26-4)19(11-14)29-7-3/h8-13H,5-7H2,1-4H3,(H,24,25)/b23-13+. The quantitative estimate of drug-likeness (QED) is 0.293. The molecule has 0 aliphatic rings. The van der Waals surface area contributed by atoms with Gasteiger partial charge in [0.05, 0.1) is 36.7 Å². The fourth-order valence-electron chi connectivity index (χ4n) is 2.55. The zero-order chi connectivity index (χ0) is 21.2. The molecule has 1 amide bonds. The molecular weight excluding hydrogens is 487 g/mol. The Balaban J connectivity index is 2.14. The lowest BCUT2D eigenvalue weighted by Crippen LogP contribution is -2.17. The van der Waals surface area contributed by atoms with Crippen LogP contribution in [-0.4, -0.2) is 39.1 Å². The number of halogens is 1. The van der Waals surface area contributed by atoms with E-state index in [0.717, 1.165) is 9.13 Å². The van der Waals surface area contributed by atoms with Gasteiger partial charge in [-0.1, -0.05) is 0 Å². The van der Waals surface area contributed by atoms with Gasteiger partial charge in [0.2, 0.25) is 0 Å². The molecule has 0 spiro atoms. The summed E-state index contributed by atoms with van der Waals surface area (Å²) in [6.07, 6.45) is 1.56. The molecule has 2 aromatic carbocycles. The molecule has 0 fully saturated rings. The summed E-state index contributed by atoms with van der Waals surface area (Å²) < 4.78 is 22.9. The first-order valence-electron chi connectivity index (χ1n) is 9.27. The Bertz CT molecular complexity index is 870. The smallest absolute Gasteiger partial charge is 0.271 e. The lowest BCUT2D eigenvalue weighted by Gasteiger charge is -2.12. The monoisotopic (exact) mass is 512 g/mol. The van der Waals surface area contributed by atoms with Gasteiger partial charge in [0.15, 0.2) is 23.0 Å². The maximum Gasteiger partial charge on any atom is 0.271 e. The van der Waals surface area contributed by atoms with E-state index in [1.54, 1.807) is 31.5 Å². The SMILES string of the molecule is CCOc1ccc(C(=O)N/N=C/c2cc(I)c(OC)c(OCC)c2)cc1OCC. The molecule has 8 heteroatoms. The van der Waals surface area contributed by atoms with Crippen molar-refractivity contribution in [1.29, 1.82) is 0 Å². The maximum atomic E-state index is 12.4. The van der Waals surface area contributed by atoms with E-state index in [-0.39, 0.29) is 5.91 Å². The van der Waals surface area contributed by atoms with E-state index in [1.165, 1.54) is 0 Å². The zero-order valence-electron chi connectivity index (χ0n) is 17.0. The Morgan fingerprint density at radius 3 is 2.31 bits per heavy atom. The Morgan fingerprint density at radius 2 is 1.66 bits per heavy atom. The van der Waals surface area contributed by atoms with E-state index in [2.05, 4.69) is 33.1 Å². The Labute approximate surface area is 184 Å². The Hall–Kier alpha value is -2.49. The predicted molar refractivity (Wildman–Crippen MR) is 121 cm³/mol. The largest absolute Gasteiger partial charge is 0.492 e. The molecule has 0 bridgehead atoms. The summed E-state index contributed by atoms with van der Waals surface area (Å²) in [4.78, 5) is 12.4. The zero-order valence-corrected chi connectivity index (χ0v) is 19.1. The summed E-state index contributed by atoms with van der Waals surface area (Å²) in [6, 6.07) is 8.73. The van der Waals surface area contributed by atoms with Crippen LogP contribution in [0.15, 0.2) is 35.4 Å². The van der Waals surface area contributed by atoms with Crippen LogP contribution in [0.1, 0.15) is 36.7 Å². The molecule has 2 rings (SSSR count). The first-order chi connectivity index (χ1) is 14.0. The molecule has 29 heavy (non-hydrogen) atoms. The number of nitrogens with one attached hydrogen (secondary N) is 1. The molecule has 2 aromatic rings. The Morgan fingerprint density at radius 1 is 1.00 bits per heavy atom. The topological polar surface area (TPSA) is 78.4 Å². The van der Waals surface area contributed by atoms with Crippen molar-refractivity contribution < 1.29 is 23.7 Å². The molecule has 0 unspecified atom stereocenters. The highest BCUT2D eigenvalue weighted by atomic mass is 127. The van der Waals surface area contributed by atoms with Gasteiger partial charge in [-0.3, -0.25) is 4.79 Å². The molecule has 0 aliphatic carbocycles. The third-order valence-corrected chi connectivity index (χ3v) is 4.52. The average molecular weight is 512 g/mol. The van der Waals surface area contributed by atoms with Crippen molar-refractivity contribution in [3.63, 3.8) is 0 Å². The van der Waals surface area contributed by atoms with Gasteiger partial charge >= 0.3 is 0 Å². The fraction of sp³-hybridized carbons (Fsp3) is 0.333. The number of carbonyl (C=O) groups is 1. The van der Waals surface area contributed by atoms with Crippen molar-refractivity contribution in [2.45, 2.75) is 20.8 Å². The number of amides is 1. The van der Waals surface area contributed by atoms with Gasteiger partial charge in [0.25, 0.3) is 5.91 Å².